The van der Waals surface area contributed by atoms with Crippen LogP contribution in [0.1, 0.15) is 60.9 Å². The Morgan fingerprint density at radius 1 is 0.905 bits per heavy atom. The molecule has 0 spiro atoms. The summed E-state index contributed by atoms with van der Waals surface area (Å²) in [6, 6.07) is 18.0. The molecule has 2 aliphatic heterocycles. The smallest absolute Gasteiger partial charge is 0.247 e. The van der Waals surface area contributed by atoms with Crippen LogP contribution in [0.3, 0.4) is 0 Å². The zero-order valence-corrected chi connectivity index (χ0v) is 38.5. The lowest BCUT2D eigenvalue weighted by Gasteiger charge is -2.44. The van der Waals surface area contributed by atoms with Gasteiger partial charge in [-0.05, 0) is 85.5 Å². The summed E-state index contributed by atoms with van der Waals surface area (Å²) in [7, 11) is 0. The predicted molar refractivity (Wildman–Crippen MR) is 257 cm³/mol. The van der Waals surface area contributed by atoms with E-state index in [9.17, 15) is 19.2 Å². The van der Waals surface area contributed by atoms with Crippen molar-refractivity contribution < 1.29 is 14.4 Å². The number of nitrogens with one attached hydrogen (secondary N) is 1. The van der Waals surface area contributed by atoms with E-state index in [1.165, 1.54) is 29.8 Å². The van der Waals surface area contributed by atoms with Crippen molar-refractivity contribution in [3.8, 4) is 0 Å². The van der Waals surface area contributed by atoms with Crippen LogP contribution < -0.4 is 11.2 Å². The van der Waals surface area contributed by atoms with Crippen molar-refractivity contribution in [3.63, 3.8) is 0 Å². The summed E-state index contributed by atoms with van der Waals surface area (Å²) in [5.41, 5.74) is 9.47. The van der Waals surface area contributed by atoms with Crippen LogP contribution in [0.4, 0.5) is 5.82 Å². The van der Waals surface area contributed by atoms with Crippen LogP contribution in [0.25, 0.3) is 34.0 Å². The van der Waals surface area contributed by atoms with Crippen molar-refractivity contribution in [2.24, 2.45) is 0 Å². The number of hydrogen-bond acceptors (Lipinski definition) is 10. The van der Waals surface area contributed by atoms with Gasteiger partial charge < -0.3 is 25.4 Å². The molecule has 3 atom stereocenters. The topological polar surface area (TPSA) is 149 Å². The molecule has 6 aromatic rings. The maximum absolute atomic E-state index is 13.5. The molecule has 2 aliphatic rings. The molecule has 0 bridgehead atoms. The molecule has 0 radical (unpaired) electrons. The van der Waals surface area contributed by atoms with E-state index in [2.05, 4.69) is 38.9 Å². The van der Waals surface area contributed by atoms with E-state index in [1.807, 2.05) is 83.6 Å². The second-order valence-electron chi connectivity index (χ2n) is 15.7. The van der Waals surface area contributed by atoms with E-state index in [0.717, 1.165) is 67.6 Å². The van der Waals surface area contributed by atoms with Gasteiger partial charge in [0.2, 0.25) is 17.7 Å². The van der Waals surface area contributed by atoms with E-state index < -0.39 is 6.04 Å². The maximum atomic E-state index is 13.5. The first-order valence-electron chi connectivity index (χ1n) is 21.0. The van der Waals surface area contributed by atoms with E-state index >= 15 is 0 Å². The molecular formula is C47H50Cl2N8O4S2. The standard InChI is InChI=1S/C24H26ClN5O2S.C23H24ClN3O2S/c1-3-4-21-24(32)29(12-16-5-7-19-20(9-16)27-14-28-23(19)26)15(2)11-30(21)22(31)8-6-18-10-17(25)13-33-18;1-2-20-23(29)27(13-12-26(20)11-3-4-17-6-8-22(24)30-17)15-16-5-7-18-19(14-16)25-10-9-21(18)28/h5-10,13-15,21H,3-4,11-12H2,1-2H3,(H2,26,27,28);3-10,14,20H,2,11-13,15H2,1H3,(H,25,28). The van der Waals surface area contributed by atoms with Gasteiger partial charge in [0.05, 0.1) is 20.9 Å². The number of rotatable bonds is 12. The third-order valence-corrected chi connectivity index (χ3v) is 13.8. The number of anilines is 1. The fourth-order valence-corrected chi connectivity index (χ4v) is 10.1. The number of nitrogen functional groups attached to an aromatic ring is 1. The van der Waals surface area contributed by atoms with Crippen molar-refractivity contribution in [3.05, 3.63) is 131 Å². The number of aromatic nitrogens is 3. The number of nitrogens with two attached hydrogens (primary N) is 1. The number of carbonyl (C=O) groups is 3. The van der Waals surface area contributed by atoms with Gasteiger partial charge in [-0.1, -0.05) is 61.7 Å². The third-order valence-electron chi connectivity index (χ3n) is 11.3. The lowest BCUT2D eigenvalue weighted by molar-refractivity contribution is -0.153. The third kappa shape index (κ3) is 11.1. The van der Waals surface area contributed by atoms with E-state index in [0.29, 0.717) is 48.8 Å². The molecule has 0 aliphatic carbocycles. The summed E-state index contributed by atoms with van der Waals surface area (Å²) in [4.78, 5) is 72.7. The molecular weight excluding hydrogens is 876 g/mol. The Bertz CT molecular complexity index is 2710. The van der Waals surface area contributed by atoms with Crippen LogP contribution in [-0.4, -0.2) is 96.6 Å². The largest absolute Gasteiger partial charge is 0.383 e. The Labute approximate surface area is 384 Å². The Balaban J connectivity index is 0.000000190. The minimum Gasteiger partial charge on any atom is -0.383 e. The quantitative estimate of drug-likeness (QED) is 0.116. The average Bonchev–Trinajstić information content (AvgIpc) is 3.90. The summed E-state index contributed by atoms with van der Waals surface area (Å²) < 4.78 is 0.780. The number of fused-ring (bicyclic) bond motifs is 2. The molecule has 3 amide bonds. The molecule has 0 saturated carbocycles. The molecule has 12 nitrogen and oxygen atoms in total. The van der Waals surface area contributed by atoms with Crippen LogP contribution in [0, 0.1) is 0 Å². The highest BCUT2D eigenvalue weighted by molar-refractivity contribution is 7.17. The van der Waals surface area contributed by atoms with Crippen LogP contribution in [0.5, 0.6) is 0 Å². The van der Waals surface area contributed by atoms with Crippen LogP contribution in [-0.2, 0) is 27.5 Å². The van der Waals surface area contributed by atoms with Gasteiger partial charge in [-0.15, -0.1) is 22.7 Å². The normalized spacial score (nSPS) is 18.6. The number of benzene rings is 2. The summed E-state index contributed by atoms with van der Waals surface area (Å²) in [6.07, 6.45) is 12.8. The maximum Gasteiger partial charge on any atom is 0.247 e. The van der Waals surface area contributed by atoms with Crippen LogP contribution in [0.2, 0.25) is 9.36 Å². The Morgan fingerprint density at radius 2 is 1.70 bits per heavy atom. The highest BCUT2D eigenvalue weighted by Crippen LogP contribution is 2.27. The number of H-pyrrole nitrogens is 1. The lowest BCUT2D eigenvalue weighted by Crippen LogP contribution is -2.61. The van der Waals surface area contributed by atoms with Gasteiger partial charge in [0.25, 0.3) is 0 Å². The van der Waals surface area contributed by atoms with Gasteiger partial charge in [-0.25, -0.2) is 9.97 Å². The summed E-state index contributed by atoms with van der Waals surface area (Å²) in [5, 5.41) is 3.93. The number of aromatic amines is 1. The molecule has 16 heteroatoms. The van der Waals surface area contributed by atoms with Gasteiger partial charge in [0, 0.05) is 95.1 Å². The van der Waals surface area contributed by atoms with Gasteiger partial charge in [-0.3, -0.25) is 24.1 Å². The summed E-state index contributed by atoms with van der Waals surface area (Å²) in [5.74, 6) is 0.413. The molecule has 2 fully saturated rings. The number of hydrogen-bond donors (Lipinski definition) is 2. The lowest BCUT2D eigenvalue weighted by atomic mass is 10.0. The number of nitrogens with zero attached hydrogens (tertiary/aromatic N) is 6. The zero-order chi connectivity index (χ0) is 44.6. The zero-order valence-electron chi connectivity index (χ0n) is 35.4. The molecule has 4 aromatic heterocycles. The van der Waals surface area contributed by atoms with Crippen LogP contribution >= 0.6 is 45.9 Å². The monoisotopic (exact) mass is 924 g/mol. The van der Waals surface area contributed by atoms with Crippen molar-refractivity contribution in [2.45, 2.75) is 71.2 Å². The average molecular weight is 926 g/mol. The number of thiophene rings is 2. The van der Waals surface area contributed by atoms with Gasteiger partial charge in [0.15, 0.2) is 5.43 Å². The molecule has 3 N–H and O–H groups in total. The Morgan fingerprint density at radius 3 is 2.43 bits per heavy atom. The van der Waals surface area contributed by atoms with Crippen LogP contribution in [0.15, 0.2) is 95.5 Å². The second kappa shape index (κ2) is 20.9. The summed E-state index contributed by atoms with van der Waals surface area (Å²) in [6.45, 7) is 9.81. The van der Waals surface area contributed by atoms with Gasteiger partial charge in [0.1, 0.15) is 18.2 Å². The molecule has 6 heterocycles. The van der Waals surface area contributed by atoms with Crippen molar-refractivity contribution >= 4 is 103 Å². The van der Waals surface area contributed by atoms with E-state index in [4.69, 9.17) is 28.9 Å². The van der Waals surface area contributed by atoms with Gasteiger partial charge in [-0.2, -0.15) is 0 Å². The first-order chi connectivity index (χ1) is 30.4. The Kier molecular flexibility index (Phi) is 15.1. The number of halogens is 2. The SMILES string of the molecule is CCC1C(=O)N(Cc2ccc3c(=O)cc[nH]c3c2)CCN1CC=Cc1ccc(Cl)s1.CCCC1C(=O)N(Cc2ccc3c(N)ncnc3c2)C(C)CN1C(=O)C=Cc1cc(Cl)cs1. The van der Waals surface area contributed by atoms with Crippen molar-refractivity contribution in [1.82, 2.24) is 34.6 Å². The first kappa shape index (κ1) is 45.6. The number of piperazine rings is 2. The van der Waals surface area contributed by atoms with E-state index in [-0.39, 0.29) is 35.2 Å². The molecule has 328 valence electrons. The first-order valence-corrected chi connectivity index (χ1v) is 23.4. The number of carbonyl (C=O) groups excluding carboxylic acids is 3. The minimum absolute atomic E-state index is 0.00362. The molecule has 8 rings (SSSR count). The molecule has 3 unspecified atom stereocenters. The highest BCUT2D eigenvalue weighted by Gasteiger charge is 2.40. The molecule has 2 saturated heterocycles. The summed E-state index contributed by atoms with van der Waals surface area (Å²) >= 11 is 15.0. The van der Waals surface area contributed by atoms with Crippen molar-refractivity contribution in [1.29, 1.82) is 0 Å². The minimum atomic E-state index is -0.478. The number of pyridine rings is 1. The second-order valence-corrected chi connectivity index (χ2v) is 18.8. The molecule has 63 heavy (non-hydrogen) atoms. The van der Waals surface area contributed by atoms with Crippen molar-refractivity contribution in [2.75, 3.05) is 31.9 Å². The fraction of sp³-hybridized carbons (Fsp3) is 0.319. The Hall–Kier alpha value is -5.38. The fourth-order valence-electron chi connectivity index (χ4n) is 8.12. The predicted octanol–water partition coefficient (Wildman–Crippen LogP) is 8.75. The van der Waals surface area contributed by atoms with Gasteiger partial charge >= 0.3 is 0 Å². The molecule has 2 aromatic carbocycles. The number of amides is 3. The highest BCUT2D eigenvalue weighted by atomic mass is 35.5. The van der Waals surface area contributed by atoms with E-state index in [1.54, 1.807) is 28.5 Å².